The molecule has 0 nitrogen and oxygen atoms in total. The summed E-state index contributed by atoms with van der Waals surface area (Å²) < 4.78 is 6.89. The van der Waals surface area contributed by atoms with Crippen LogP contribution in [0.5, 0.6) is 0 Å². The zero-order valence-corrected chi connectivity index (χ0v) is 18.7. The van der Waals surface area contributed by atoms with E-state index in [1.807, 2.05) is 0 Å². The molecule has 0 atom stereocenters. The molecule has 0 bridgehead atoms. The molecule has 0 radical (unpaired) electrons. The third kappa shape index (κ3) is 12.0. The van der Waals surface area contributed by atoms with E-state index in [9.17, 15) is 0 Å². The summed E-state index contributed by atoms with van der Waals surface area (Å²) in [5, 5.41) is 0. The fourth-order valence-corrected chi connectivity index (χ4v) is 19.4. The average molecular weight is 403 g/mol. The molecule has 128 valence electrons. The molecule has 0 saturated carbocycles. The van der Waals surface area contributed by atoms with E-state index in [2.05, 4.69) is 27.7 Å². The number of rotatable bonds is 16. The molecule has 0 fully saturated rings. The number of hydrogen-bond donors (Lipinski definition) is 0. The Morgan fingerprint density at radius 2 is 0.619 bits per heavy atom. The summed E-state index contributed by atoms with van der Waals surface area (Å²) in [5.41, 5.74) is 0. The molecule has 0 saturated heterocycles. The van der Waals surface area contributed by atoms with Gasteiger partial charge in [-0.25, -0.2) is 0 Å². The van der Waals surface area contributed by atoms with Crippen LogP contribution in [-0.4, -0.2) is 18.4 Å². The summed E-state index contributed by atoms with van der Waals surface area (Å²) >= 11 is -1.79. The van der Waals surface area contributed by atoms with Gasteiger partial charge in [0, 0.05) is 0 Å². The summed E-state index contributed by atoms with van der Waals surface area (Å²) in [5.74, 6) is 0. The van der Waals surface area contributed by atoms with Crippen molar-refractivity contribution in [2.45, 2.75) is 122 Å². The Kier molecular flexibility index (Phi) is 16.3. The van der Waals surface area contributed by atoms with Crippen molar-refractivity contribution in [2.75, 3.05) is 0 Å². The minimum atomic E-state index is -1.79. The van der Waals surface area contributed by atoms with Gasteiger partial charge in [-0.2, -0.15) is 0 Å². The maximum atomic E-state index is 2.36. The van der Waals surface area contributed by atoms with Gasteiger partial charge in [-0.3, -0.25) is 0 Å². The van der Waals surface area contributed by atoms with Crippen LogP contribution in [-0.2, 0) is 0 Å². The molecule has 0 rings (SSSR count). The van der Waals surface area contributed by atoms with E-state index < -0.39 is 18.4 Å². The molecule has 0 aliphatic carbocycles. The Morgan fingerprint density at radius 1 is 0.381 bits per heavy atom. The molecule has 0 unspecified atom stereocenters. The fraction of sp³-hybridized carbons (Fsp3) is 1.00. The van der Waals surface area contributed by atoms with Gasteiger partial charge in [-0.15, -0.1) is 0 Å². The van der Waals surface area contributed by atoms with Gasteiger partial charge in [0.05, 0.1) is 0 Å². The Labute approximate surface area is 140 Å². The molecule has 0 heterocycles. The van der Waals surface area contributed by atoms with E-state index >= 15 is 0 Å². The molecule has 0 amide bonds. The second kappa shape index (κ2) is 15.7. The number of hydrogen-bond acceptors (Lipinski definition) is 0. The molecule has 21 heavy (non-hydrogen) atoms. The van der Waals surface area contributed by atoms with Crippen LogP contribution < -0.4 is 0 Å². The van der Waals surface area contributed by atoms with Gasteiger partial charge in [0.1, 0.15) is 0 Å². The average Bonchev–Trinajstić information content (AvgIpc) is 2.48. The van der Waals surface area contributed by atoms with Crippen molar-refractivity contribution in [3.63, 3.8) is 0 Å². The van der Waals surface area contributed by atoms with Crippen LogP contribution in [0.2, 0.25) is 17.7 Å². The van der Waals surface area contributed by atoms with Crippen molar-refractivity contribution in [2.24, 2.45) is 0 Å². The summed E-state index contributed by atoms with van der Waals surface area (Å²) in [6.45, 7) is 9.45. The molecule has 1 heteroatoms. The van der Waals surface area contributed by atoms with Crippen molar-refractivity contribution in [1.29, 1.82) is 0 Å². The normalized spacial score (nSPS) is 12.0. The van der Waals surface area contributed by atoms with Crippen molar-refractivity contribution in [1.82, 2.24) is 0 Å². The molecule has 0 aliphatic heterocycles. The topological polar surface area (TPSA) is 0 Å². The Hall–Kier alpha value is 0.799. The minimum absolute atomic E-state index is 1.40. The zero-order chi connectivity index (χ0) is 15.8. The second-order valence-electron chi connectivity index (χ2n) is 7.33. The van der Waals surface area contributed by atoms with Gasteiger partial charge in [-0.05, 0) is 0 Å². The molecule has 0 aromatic heterocycles. The zero-order valence-electron chi connectivity index (χ0n) is 15.8. The first-order valence-corrected chi connectivity index (χ1v) is 18.3. The third-order valence-corrected chi connectivity index (χ3v) is 21.4. The standard InChI is InChI=1S/4C5H11.Sn/c4*1-3-5-4-2;/h4*1,3-5H2,2H3;. The van der Waals surface area contributed by atoms with Gasteiger partial charge < -0.3 is 0 Å². The molecule has 0 spiro atoms. The quantitative estimate of drug-likeness (QED) is 0.180. The van der Waals surface area contributed by atoms with Gasteiger partial charge >= 0.3 is 141 Å². The first-order valence-electron chi connectivity index (χ1n) is 10.2. The van der Waals surface area contributed by atoms with E-state index in [-0.39, 0.29) is 0 Å². The Balaban J connectivity index is 4.52. The maximum absolute atomic E-state index is 2.36. The van der Waals surface area contributed by atoms with Crippen LogP contribution in [0.4, 0.5) is 0 Å². The van der Waals surface area contributed by atoms with Crippen molar-refractivity contribution in [3.8, 4) is 0 Å². The van der Waals surface area contributed by atoms with Crippen molar-refractivity contribution < 1.29 is 0 Å². The van der Waals surface area contributed by atoms with Gasteiger partial charge in [0.15, 0.2) is 0 Å². The summed E-state index contributed by atoms with van der Waals surface area (Å²) in [4.78, 5) is 0. The predicted octanol–water partition coefficient (Wildman–Crippen LogP) is 8.20. The molecular weight excluding hydrogens is 359 g/mol. The van der Waals surface area contributed by atoms with Crippen LogP contribution in [0.3, 0.4) is 0 Å². The van der Waals surface area contributed by atoms with E-state index in [0.29, 0.717) is 0 Å². The first kappa shape index (κ1) is 21.8. The van der Waals surface area contributed by atoms with Crippen LogP contribution >= 0.6 is 0 Å². The number of unbranched alkanes of at least 4 members (excludes halogenated alkanes) is 8. The van der Waals surface area contributed by atoms with Crippen molar-refractivity contribution in [3.05, 3.63) is 0 Å². The second-order valence-corrected chi connectivity index (χ2v) is 21.6. The van der Waals surface area contributed by atoms with Gasteiger partial charge in [0.25, 0.3) is 0 Å². The van der Waals surface area contributed by atoms with E-state index in [4.69, 9.17) is 0 Å². The van der Waals surface area contributed by atoms with Gasteiger partial charge in [-0.1, -0.05) is 0 Å². The third-order valence-electron chi connectivity index (χ3n) is 5.24. The van der Waals surface area contributed by atoms with E-state index in [1.54, 1.807) is 43.4 Å². The predicted molar refractivity (Wildman–Crippen MR) is 103 cm³/mol. The Bertz CT molecular complexity index is 155. The summed E-state index contributed by atoms with van der Waals surface area (Å²) in [7, 11) is 0. The van der Waals surface area contributed by atoms with Gasteiger partial charge in [0.2, 0.25) is 0 Å². The molecule has 0 N–H and O–H groups in total. The SMILES string of the molecule is CCCC[CH2][Sn]([CH2]CCCC)([CH2]CCCC)[CH2]CCCC. The molecule has 0 aliphatic rings. The first-order chi connectivity index (χ1) is 10.2. The van der Waals surface area contributed by atoms with Crippen LogP contribution in [0.15, 0.2) is 0 Å². The fourth-order valence-electron chi connectivity index (χ4n) is 3.75. The van der Waals surface area contributed by atoms with E-state index in [0.717, 1.165) is 0 Å². The van der Waals surface area contributed by atoms with Crippen LogP contribution in [0.25, 0.3) is 0 Å². The molecule has 0 aromatic rings. The van der Waals surface area contributed by atoms with Crippen LogP contribution in [0, 0.1) is 0 Å². The Morgan fingerprint density at radius 3 is 0.810 bits per heavy atom. The summed E-state index contributed by atoms with van der Waals surface area (Å²) in [6, 6.07) is 0. The van der Waals surface area contributed by atoms with Crippen molar-refractivity contribution >= 4 is 18.4 Å². The monoisotopic (exact) mass is 404 g/mol. The molecule has 0 aromatic carbocycles. The van der Waals surface area contributed by atoms with Crippen LogP contribution in [0.1, 0.15) is 105 Å². The van der Waals surface area contributed by atoms with E-state index in [1.165, 1.54) is 51.4 Å². The summed E-state index contributed by atoms with van der Waals surface area (Å²) in [6.07, 6.45) is 17.9. The molecular formula is C20H44Sn.